The number of amides is 2. The zero-order valence-corrected chi connectivity index (χ0v) is 13.4. The van der Waals surface area contributed by atoms with E-state index >= 15 is 0 Å². The lowest BCUT2D eigenvalue weighted by atomic mass is 9.93. The number of nitrogens with zero attached hydrogens (tertiary/aromatic N) is 2. The Morgan fingerprint density at radius 1 is 1.10 bits per heavy atom. The average molecular weight is 295 g/mol. The van der Waals surface area contributed by atoms with Gasteiger partial charge in [-0.3, -0.25) is 9.59 Å². The molecule has 2 fully saturated rings. The predicted molar refractivity (Wildman–Crippen MR) is 82.5 cm³/mol. The maximum Gasteiger partial charge on any atom is 0.225 e. The SMILES string of the molecule is CC(C)C[C@H](CN)CC(=O)N1CCN(C(=O)C2CC2)CC1. The number of nitrogens with two attached hydrogens (primary N) is 1. The molecule has 2 N–H and O–H groups in total. The summed E-state index contributed by atoms with van der Waals surface area (Å²) in [6, 6.07) is 0. The van der Waals surface area contributed by atoms with Crippen molar-refractivity contribution in [2.45, 2.75) is 39.5 Å². The van der Waals surface area contributed by atoms with E-state index < -0.39 is 0 Å². The van der Waals surface area contributed by atoms with Crippen molar-refractivity contribution in [2.75, 3.05) is 32.7 Å². The molecule has 0 bridgehead atoms. The summed E-state index contributed by atoms with van der Waals surface area (Å²) < 4.78 is 0. The Hall–Kier alpha value is -1.10. The molecular weight excluding hydrogens is 266 g/mol. The fraction of sp³-hybridized carbons (Fsp3) is 0.875. The van der Waals surface area contributed by atoms with Crippen molar-refractivity contribution in [3.05, 3.63) is 0 Å². The minimum atomic E-state index is 0.199. The van der Waals surface area contributed by atoms with Crippen molar-refractivity contribution in [1.82, 2.24) is 9.80 Å². The quantitative estimate of drug-likeness (QED) is 0.797. The van der Waals surface area contributed by atoms with E-state index in [9.17, 15) is 9.59 Å². The van der Waals surface area contributed by atoms with Crippen molar-refractivity contribution >= 4 is 11.8 Å². The molecule has 0 spiro atoms. The fourth-order valence-corrected chi connectivity index (χ4v) is 3.07. The molecule has 0 unspecified atom stereocenters. The standard InChI is InChI=1S/C16H29N3O2/c1-12(2)9-13(11-17)10-15(20)18-5-7-19(8-6-18)16(21)14-3-4-14/h12-14H,3-11,17H2,1-2H3/t13-/m0/s1. The smallest absolute Gasteiger partial charge is 0.225 e. The largest absolute Gasteiger partial charge is 0.339 e. The first-order chi connectivity index (χ1) is 10.0. The van der Waals surface area contributed by atoms with Crippen LogP contribution in [0.4, 0.5) is 0 Å². The van der Waals surface area contributed by atoms with Gasteiger partial charge in [-0.25, -0.2) is 0 Å². The van der Waals surface area contributed by atoms with Gasteiger partial charge in [0.1, 0.15) is 0 Å². The van der Waals surface area contributed by atoms with E-state index in [2.05, 4.69) is 13.8 Å². The Morgan fingerprint density at radius 2 is 1.67 bits per heavy atom. The average Bonchev–Trinajstić information content (AvgIpc) is 3.30. The lowest BCUT2D eigenvalue weighted by Gasteiger charge is -2.35. The van der Waals surface area contributed by atoms with E-state index in [1.165, 1.54) is 0 Å². The third-order valence-corrected chi connectivity index (χ3v) is 4.47. The monoisotopic (exact) mass is 295 g/mol. The third kappa shape index (κ3) is 4.70. The first-order valence-electron chi connectivity index (χ1n) is 8.28. The second-order valence-electron chi connectivity index (χ2n) is 6.92. The molecule has 0 aromatic carbocycles. The molecule has 2 amide bonds. The lowest BCUT2D eigenvalue weighted by molar-refractivity contribution is -0.140. The van der Waals surface area contributed by atoms with Gasteiger partial charge in [0.2, 0.25) is 11.8 Å². The van der Waals surface area contributed by atoms with Crippen LogP contribution < -0.4 is 5.73 Å². The molecule has 1 saturated carbocycles. The summed E-state index contributed by atoms with van der Waals surface area (Å²) in [6.45, 7) is 7.64. The third-order valence-electron chi connectivity index (χ3n) is 4.47. The van der Waals surface area contributed by atoms with E-state index in [0.717, 1.165) is 19.3 Å². The van der Waals surface area contributed by atoms with Gasteiger partial charge in [0.15, 0.2) is 0 Å². The molecule has 120 valence electrons. The van der Waals surface area contributed by atoms with E-state index in [1.54, 1.807) is 0 Å². The van der Waals surface area contributed by atoms with Crippen molar-refractivity contribution in [2.24, 2.45) is 23.5 Å². The maximum absolute atomic E-state index is 12.3. The van der Waals surface area contributed by atoms with Crippen molar-refractivity contribution < 1.29 is 9.59 Å². The zero-order valence-electron chi connectivity index (χ0n) is 13.4. The van der Waals surface area contributed by atoms with Crippen LogP contribution in [0.15, 0.2) is 0 Å². The van der Waals surface area contributed by atoms with Crippen LogP contribution in [-0.2, 0) is 9.59 Å². The van der Waals surface area contributed by atoms with Crippen LogP contribution in [0, 0.1) is 17.8 Å². The fourth-order valence-electron chi connectivity index (χ4n) is 3.07. The molecule has 1 atom stereocenters. The first-order valence-corrected chi connectivity index (χ1v) is 8.28. The van der Waals surface area contributed by atoms with E-state index in [0.29, 0.717) is 51.0 Å². The summed E-state index contributed by atoms with van der Waals surface area (Å²) >= 11 is 0. The minimum absolute atomic E-state index is 0.199. The predicted octanol–water partition coefficient (Wildman–Crippen LogP) is 1.08. The number of carbonyl (C=O) groups excluding carboxylic acids is 2. The molecule has 2 rings (SSSR count). The number of carbonyl (C=O) groups is 2. The van der Waals surface area contributed by atoms with Gasteiger partial charge in [0.05, 0.1) is 0 Å². The van der Waals surface area contributed by atoms with Crippen molar-refractivity contribution in [3.8, 4) is 0 Å². The summed E-state index contributed by atoms with van der Waals surface area (Å²) in [6.07, 6.45) is 3.64. The molecule has 5 heteroatoms. The molecule has 0 radical (unpaired) electrons. The first kappa shape index (κ1) is 16.3. The van der Waals surface area contributed by atoms with Gasteiger partial charge >= 0.3 is 0 Å². The van der Waals surface area contributed by atoms with Gasteiger partial charge in [-0.15, -0.1) is 0 Å². The Bertz CT molecular complexity index is 372. The van der Waals surface area contributed by atoms with Crippen LogP contribution in [0.2, 0.25) is 0 Å². The summed E-state index contributed by atoms with van der Waals surface area (Å²) in [4.78, 5) is 28.2. The highest BCUT2D eigenvalue weighted by atomic mass is 16.2. The molecule has 1 aliphatic heterocycles. The lowest BCUT2D eigenvalue weighted by Crippen LogP contribution is -2.51. The Labute approximate surface area is 127 Å². The summed E-state index contributed by atoms with van der Waals surface area (Å²) in [5.74, 6) is 1.62. The number of hydrogen-bond acceptors (Lipinski definition) is 3. The highest BCUT2D eigenvalue weighted by Gasteiger charge is 2.35. The molecule has 1 saturated heterocycles. The Balaban J connectivity index is 1.75. The maximum atomic E-state index is 12.3. The second kappa shape index (κ2) is 7.25. The highest BCUT2D eigenvalue weighted by Crippen LogP contribution is 2.31. The van der Waals surface area contributed by atoms with Crippen LogP contribution in [-0.4, -0.2) is 54.3 Å². The van der Waals surface area contributed by atoms with Gasteiger partial charge in [0, 0.05) is 38.5 Å². The van der Waals surface area contributed by atoms with Gasteiger partial charge in [-0.1, -0.05) is 13.8 Å². The molecule has 5 nitrogen and oxygen atoms in total. The second-order valence-corrected chi connectivity index (χ2v) is 6.92. The number of piperazine rings is 1. The van der Waals surface area contributed by atoms with E-state index in [4.69, 9.17) is 5.73 Å². The van der Waals surface area contributed by atoms with Crippen LogP contribution in [0.25, 0.3) is 0 Å². The zero-order chi connectivity index (χ0) is 15.4. The van der Waals surface area contributed by atoms with E-state index in [1.807, 2.05) is 9.80 Å². The number of hydrogen-bond donors (Lipinski definition) is 1. The van der Waals surface area contributed by atoms with Gasteiger partial charge in [-0.2, -0.15) is 0 Å². The summed E-state index contributed by atoms with van der Waals surface area (Å²) in [5, 5.41) is 0. The highest BCUT2D eigenvalue weighted by molar-refractivity contribution is 5.81. The molecule has 0 aromatic heterocycles. The van der Waals surface area contributed by atoms with Crippen LogP contribution >= 0.6 is 0 Å². The summed E-state index contributed by atoms with van der Waals surface area (Å²) in [5.41, 5.74) is 5.78. The molecule has 2 aliphatic rings. The van der Waals surface area contributed by atoms with E-state index in [-0.39, 0.29) is 17.7 Å². The van der Waals surface area contributed by atoms with Gasteiger partial charge in [0.25, 0.3) is 0 Å². The van der Waals surface area contributed by atoms with Crippen LogP contribution in [0.1, 0.15) is 39.5 Å². The molecule has 0 aromatic rings. The molecule has 21 heavy (non-hydrogen) atoms. The normalized spacial score (nSPS) is 20.8. The Kier molecular flexibility index (Phi) is 5.62. The van der Waals surface area contributed by atoms with Gasteiger partial charge in [-0.05, 0) is 37.6 Å². The van der Waals surface area contributed by atoms with Crippen LogP contribution in [0.5, 0.6) is 0 Å². The molecule has 1 heterocycles. The Morgan fingerprint density at radius 3 is 2.14 bits per heavy atom. The number of rotatable bonds is 6. The van der Waals surface area contributed by atoms with Crippen molar-refractivity contribution in [1.29, 1.82) is 0 Å². The topological polar surface area (TPSA) is 66.6 Å². The van der Waals surface area contributed by atoms with Crippen LogP contribution in [0.3, 0.4) is 0 Å². The molecule has 1 aliphatic carbocycles. The summed E-state index contributed by atoms with van der Waals surface area (Å²) in [7, 11) is 0. The minimum Gasteiger partial charge on any atom is -0.339 e. The van der Waals surface area contributed by atoms with Gasteiger partial charge < -0.3 is 15.5 Å². The molecular formula is C16H29N3O2. The van der Waals surface area contributed by atoms with Crippen molar-refractivity contribution in [3.63, 3.8) is 0 Å².